The van der Waals surface area contributed by atoms with Gasteiger partial charge in [-0.05, 0) is 51.8 Å². The molecule has 1 aromatic carbocycles. The molecule has 0 aromatic heterocycles. The van der Waals surface area contributed by atoms with Crippen LogP contribution in [0.4, 0.5) is 4.79 Å². The number of benzene rings is 1. The molecule has 1 aliphatic heterocycles. The van der Waals surface area contributed by atoms with E-state index in [1.807, 2.05) is 0 Å². The predicted molar refractivity (Wildman–Crippen MR) is 115 cm³/mol. The number of hydrogen-bond acceptors (Lipinski definition) is 6. The van der Waals surface area contributed by atoms with Crippen LogP contribution in [0, 0.1) is 5.92 Å². The van der Waals surface area contributed by atoms with Crippen LogP contribution in [0.1, 0.15) is 44.0 Å². The lowest BCUT2D eigenvalue weighted by molar-refractivity contribution is -0.126. The molecular weight excluding hydrogens is 402 g/mol. The van der Waals surface area contributed by atoms with Gasteiger partial charge in [0, 0.05) is 26.2 Å². The van der Waals surface area contributed by atoms with Crippen LogP contribution in [0.5, 0.6) is 11.5 Å². The molecule has 1 unspecified atom stereocenters. The van der Waals surface area contributed by atoms with Gasteiger partial charge in [-0.25, -0.2) is 4.79 Å². The van der Waals surface area contributed by atoms with E-state index in [2.05, 4.69) is 10.6 Å². The average Bonchev–Trinajstić information content (AvgIpc) is 2.74. The summed E-state index contributed by atoms with van der Waals surface area (Å²) in [6.07, 6.45) is 0.903. The maximum absolute atomic E-state index is 13.1. The standard InChI is InChI=1S/C22H33N3O6/c1-22(2,3)31-21(28)24-11-10-23-19(26)15-7-6-12-25(14-15)20(27)17-13-16(29-4)8-9-18(17)30-5/h8-9,13,15H,6-7,10-12,14H2,1-5H3,(H,23,26)(H,24,28). The zero-order valence-electron chi connectivity index (χ0n) is 18.9. The first-order valence-electron chi connectivity index (χ1n) is 10.4. The van der Waals surface area contributed by atoms with E-state index in [1.54, 1.807) is 43.9 Å². The van der Waals surface area contributed by atoms with E-state index in [-0.39, 0.29) is 30.8 Å². The molecule has 172 valence electrons. The zero-order valence-corrected chi connectivity index (χ0v) is 18.9. The molecule has 2 rings (SSSR count). The van der Waals surface area contributed by atoms with Gasteiger partial charge in [-0.1, -0.05) is 0 Å². The second kappa shape index (κ2) is 10.9. The van der Waals surface area contributed by atoms with Crippen molar-refractivity contribution in [2.75, 3.05) is 40.4 Å². The molecule has 9 heteroatoms. The Labute approximate surface area is 183 Å². The van der Waals surface area contributed by atoms with E-state index >= 15 is 0 Å². The average molecular weight is 436 g/mol. The number of rotatable bonds is 7. The number of likely N-dealkylation sites (tertiary alicyclic amines) is 1. The smallest absolute Gasteiger partial charge is 0.407 e. The van der Waals surface area contributed by atoms with Gasteiger partial charge in [0.15, 0.2) is 0 Å². The number of amides is 3. The van der Waals surface area contributed by atoms with Crippen LogP contribution >= 0.6 is 0 Å². The normalized spacial score (nSPS) is 16.3. The predicted octanol–water partition coefficient (Wildman–Crippen LogP) is 2.20. The van der Waals surface area contributed by atoms with E-state index in [9.17, 15) is 14.4 Å². The minimum absolute atomic E-state index is 0.138. The Hall–Kier alpha value is -2.97. The second-order valence-corrected chi connectivity index (χ2v) is 8.38. The van der Waals surface area contributed by atoms with Crippen molar-refractivity contribution in [3.63, 3.8) is 0 Å². The van der Waals surface area contributed by atoms with Crippen LogP contribution in [0.2, 0.25) is 0 Å². The summed E-state index contributed by atoms with van der Waals surface area (Å²) in [4.78, 5) is 38.9. The third-order valence-corrected chi connectivity index (χ3v) is 4.81. The summed E-state index contributed by atoms with van der Waals surface area (Å²) in [5, 5.41) is 5.42. The fraction of sp³-hybridized carbons (Fsp3) is 0.591. The van der Waals surface area contributed by atoms with Gasteiger partial charge in [0.25, 0.3) is 5.91 Å². The molecule has 31 heavy (non-hydrogen) atoms. The summed E-state index contributed by atoms with van der Waals surface area (Å²) < 4.78 is 15.7. The first-order valence-corrected chi connectivity index (χ1v) is 10.4. The molecule has 1 saturated heterocycles. The van der Waals surface area contributed by atoms with Crippen molar-refractivity contribution in [1.29, 1.82) is 0 Å². The Kier molecular flexibility index (Phi) is 8.53. The summed E-state index contributed by atoms with van der Waals surface area (Å²) in [6, 6.07) is 5.07. The van der Waals surface area contributed by atoms with Gasteiger partial charge in [0.1, 0.15) is 17.1 Å². The molecule has 0 aliphatic carbocycles. The third kappa shape index (κ3) is 7.34. The molecule has 1 aromatic rings. The Morgan fingerprint density at radius 3 is 2.45 bits per heavy atom. The Bertz CT molecular complexity index is 790. The number of methoxy groups -OCH3 is 2. The molecule has 3 amide bonds. The molecule has 1 fully saturated rings. The van der Waals surface area contributed by atoms with Crippen molar-refractivity contribution in [2.45, 2.75) is 39.2 Å². The molecule has 1 heterocycles. The minimum atomic E-state index is -0.573. The first kappa shape index (κ1) is 24.3. The lowest BCUT2D eigenvalue weighted by atomic mass is 9.96. The van der Waals surface area contributed by atoms with E-state index < -0.39 is 11.7 Å². The summed E-state index contributed by atoms with van der Waals surface area (Å²) in [6.45, 7) is 6.79. The van der Waals surface area contributed by atoms with Gasteiger partial charge in [0.05, 0.1) is 25.7 Å². The van der Waals surface area contributed by atoms with Crippen molar-refractivity contribution < 1.29 is 28.6 Å². The molecular formula is C22H33N3O6. The van der Waals surface area contributed by atoms with Crippen molar-refractivity contribution in [2.24, 2.45) is 5.92 Å². The number of ether oxygens (including phenoxy) is 3. The number of carbonyl (C=O) groups is 3. The Balaban J connectivity index is 1.88. The van der Waals surface area contributed by atoms with Crippen LogP contribution in [-0.2, 0) is 9.53 Å². The van der Waals surface area contributed by atoms with Crippen LogP contribution in [0.25, 0.3) is 0 Å². The first-order chi connectivity index (χ1) is 14.6. The summed E-state index contributed by atoms with van der Waals surface area (Å²) in [7, 11) is 3.05. The largest absolute Gasteiger partial charge is 0.497 e. The van der Waals surface area contributed by atoms with Crippen molar-refractivity contribution in [3.8, 4) is 11.5 Å². The Morgan fingerprint density at radius 1 is 1.10 bits per heavy atom. The number of piperidine rings is 1. The topological polar surface area (TPSA) is 106 Å². The van der Waals surface area contributed by atoms with Crippen molar-refractivity contribution in [1.82, 2.24) is 15.5 Å². The summed E-state index contributed by atoms with van der Waals surface area (Å²) in [5.74, 6) is 0.385. The SMILES string of the molecule is COc1ccc(OC)c(C(=O)N2CCCC(C(=O)NCCNC(=O)OC(C)(C)C)C2)c1. The zero-order chi connectivity index (χ0) is 23.0. The quantitative estimate of drug-likeness (QED) is 0.636. The third-order valence-electron chi connectivity index (χ3n) is 4.81. The maximum atomic E-state index is 13.1. The fourth-order valence-corrected chi connectivity index (χ4v) is 3.34. The minimum Gasteiger partial charge on any atom is -0.497 e. The Morgan fingerprint density at radius 2 is 1.81 bits per heavy atom. The van der Waals surface area contributed by atoms with E-state index in [1.165, 1.54) is 14.2 Å². The van der Waals surface area contributed by atoms with E-state index in [0.29, 0.717) is 36.6 Å². The van der Waals surface area contributed by atoms with Crippen LogP contribution < -0.4 is 20.1 Å². The van der Waals surface area contributed by atoms with Gasteiger partial charge >= 0.3 is 6.09 Å². The monoisotopic (exact) mass is 435 g/mol. The molecule has 2 N–H and O–H groups in total. The molecule has 0 spiro atoms. The van der Waals surface area contributed by atoms with Gasteiger partial charge in [-0.3, -0.25) is 9.59 Å². The highest BCUT2D eigenvalue weighted by Gasteiger charge is 2.30. The van der Waals surface area contributed by atoms with Gasteiger partial charge in [0.2, 0.25) is 5.91 Å². The lowest BCUT2D eigenvalue weighted by Crippen LogP contribution is -2.46. The van der Waals surface area contributed by atoms with Crippen molar-refractivity contribution in [3.05, 3.63) is 23.8 Å². The molecule has 1 aliphatic rings. The molecule has 9 nitrogen and oxygen atoms in total. The van der Waals surface area contributed by atoms with Crippen LogP contribution in [0.15, 0.2) is 18.2 Å². The molecule has 1 atom stereocenters. The highest BCUT2D eigenvalue weighted by Crippen LogP contribution is 2.27. The molecule has 0 saturated carbocycles. The summed E-state index contributed by atoms with van der Waals surface area (Å²) in [5.41, 5.74) is -0.166. The highest BCUT2D eigenvalue weighted by molar-refractivity contribution is 5.97. The number of hydrogen-bond donors (Lipinski definition) is 2. The molecule has 0 radical (unpaired) electrons. The van der Waals surface area contributed by atoms with Gasteiger partial charge in [-0.2, -0.15) is 0 Å². The van der Waals surface area contributed by atoms with E-state index in [4.69, 9.17) is 14.2 Å². The number of nitrogens with one attached hydrogen (secondary N) is 2. The van der Waals surface area contributed by atoms with Gasteiger partial charge in [-0.15, -0.1) is 0 Å². The maximum Gasteiger partial charge on any atom is 0.407 e. The molecule has 0 bridgehead atoms. The van der Waals surface area contributed by atoms with Gasteiger partial charge < -0.3 is 29.7 Å². The number of alkyl carbamates (subject to hydrolysis) is 1. The fourth-order valence-electron chi connectivity index (χ4n) is 3.34. The highest BCUT2D eigenvalue weighted by atomic mass is 16.6. The van der Waals surface area contributed by atoms with Crippen LogP contribution in [-0.4, -0.2) is 68.8 Å². The van der Waals surface area contributed by atoms with Crippen molar-refractivity contribution >= 4 is 17.9 Å². The van der Waals surface area contributed by atoms with Crippen LogP contribution in [0.3, 0.4) is 0 Å². The summed E-state index contributed by atoms with van der Waals surface area (Å²) >= 11 is 0. The lowest BCUT2D eigenvalue weighted by Gasteiger charge is -2.32. The second-order valence-electron chi connectivity index (χ2n) is 8.38. The van der Waals surface area contributed by atoms with E-state index in [0.717, 1.165) is 6.42 Å². The number of carbonyl (C=O) groups excluding carboxylic acids is 3. The number of nitrogens with zero attached hydrogens (tertiary/aromatic N) is 1.